The molecule has 6 aliphatic rings. The molecule has 10 atom stereocenters. The van der Waals surface area contributed by atoms with Gasteiger partial charge in [0.15, 0.2) is 0 Å². The molecule has 2 N–H and O–H groups in total. The second kappa shape index (κ2) is 13.8. The molecule has 56 heavy (non-hydrogen) atoms. The standard InChI is InChI=1S/C45H53N3O8/c1-4-6-8-10-20-44(28-14-15-29(44)35-34(28)38(49)46-39(35)50)55-42(53)24-12-18-32-26(22-24)27-23-25(13-19-33(27)48(32)3)43(54)56-45(21-11-9-7-5-2)30-16-17-31(45)37-36(30)40(51)47-41(37)52/h12-13,18-19,22-23,28-31,34-37H,4-11,14-17,20-21H2,1-3H3,(H,46,49,50)(H,47,51,52)/t28-,29+,30-,31+,34-,35+,36-,37+,44?,45?. The molecular weight excluding hydrogens is 711 g/mol. The zero-order valence-corrected chi connectivity index (χ0v) is 32.7. The summed E-state index contributed by atoms with van der Waals surface area (Å²) in [6.45, 7) is 4.30. The normalized spacial score (nSPS) is 33.7. The monoisotopic (exact) mass is 763 g/mol. The number of hydrogen-bond acceptors (Lipinski definition) is 8. The van der Waals surface area contributed by atoms with Crippen LogP contribution in [-0.4, -0.2) is 51.3 Å². The van der Waals surface area contributed by atoms with E-state index in [2.05, 4.69) is 24.5 Å². The van der Waals surface area contributed by atoms with E-state index in [1.165, 1.54) is 0 Å². The summed E-state index contributed by atoms with van der Waals surface area (Å²) < 4.78 is 15.3. The molecule has 4 saturated carbocycles. The van der Waals surface area contributed by atoms with Gasteiger partial charge in [0.2, 0.25) is 23.6 Å². The van der Waals surface area contributed by atoms with Crippen LogP contribution < -0.4 is 10.6 Å². The number of amides is 4. The number of imide groups is 2. The van der Waals surface area contributed by atoms with Crippen LogP contribution in [0.1, 0.15) is 124 Å². The Labute approximate surface area is 327 Å². The fraction of sp³-hybridized carbons (Fsp3) is 0.600. The summed E-state index contributed by atoms with van der Waals surface area (Å²) in [6, 6.07) is 11.0. The maximum absolute atomic E-state index is 14.3. The van der Waals surface area contributed by atoms with Gasteiger partial charge in [-0.25, -0.2) is 9.59 Å². The van der Waals surface area contributed by atoms with Crippen molar-refractivity contribution in [3.05, 3.63) is 47.5 Å². The molecular formula is C45H53N3O8. The van der Waals surface area contributed by atoms with Crippen molar-refractivity contribution in [3.63, 3.8) is 0 Å². The highest BCUT2D eigenvalue weighted by atomic mass is 16.6. The van der Waals surface area contributed by atoms with Crippen molar-refractivity contribution in [1.29, 1.82) is 0 Å². The molecule has 4 aliphatic carbocycles. The Morgan fingerprint density at radius 2 is 0.946 bits per heavy atom. The molecule has 2 aliphatic heterocycles. The van der Waals surface area contributed by atoms with E-state index in [0.717, 1.165) is 98.9 Å². The van der Waals surface area contributed by atoms with E-state index in [1.54, 1.807) is 12.1 Å². The number of carbonyl (C=O) groups excluding carboxylic acids is 6. The number of nitrogens with zero attached hydrogens (tertiary/aromatic N) is 1. The fourth-order valence-corrected chi connectivity index (χ4v) is 12.9. The lowest BCUT2D eigenvalue weighted by atomic mass is 9.81. The summed E-state index contributed by atoms with van der Waals surface area (Å²) in [5.41, 5.74) is 0.783. The average molecular weight is 764 g/mol. The number of benzene rings is 2. The number of ether oxygens (including phenoxy) is 2. The number of unbranched alkanes of at least 4 members (excludes halogenated alkanes) is 6. The van der Waals surface area contributed by atoms with Crippen LogP contribution in [0.15, 0.2) is 36.4 Å². The van der Waals surface area contributed by atoms with Crippen molar-refractivity contribution >= 4 is 57.4 Å². The Morgan fingerprint density at radius 1 is 0.589 bits per heavy atom. The number of aromatic nitrogens is 1. The minimum atomic E-state index is -0.867. The third-order valence-electron chi connectivity index (χ3n) is 15.2. The Kier molecular flexibility index (Phi) is 9.16. The number of rotatable bonds is 14. The van der Waals surface area contributed by atoms with Crippen LogP contribution in [0.3, 0.4) is 0 Å². The largest absolute Gasteiger partial charge is 0.455 e. The molecule has 11 nitrogen and oxygen atoms in total. The number of hydrogen-bond donors (Lipinski definition) is 2. The molecule has 2 aromatic carbocycles. The number of aryl methyl sites for hydroxylation is 1. The average Bonchev–Trinajstić information content (AvgIpc) is 4.04. The SMILES string of the molecule is CCCCCCC1(OC(=O)c2ccc3c(c2)c2cc(C(=O)OC4(CCCCCC)[C@@H]5CC[C@H]4[C@@H]4C(=O)NC(=O)[C@@H]45)ccc2n3C)[C@@H]2CC[C@H]1[C@@H]1C(=O)NC(=O)[C@@H]12. The lowest BCUT2D eigenvalue weighted by molar-refractivity contribution is -0.131. The molecule has 11 heteroatoms. The van der Waals surface area contributed by atoms with Crippen molar-refractivity contribution in [2.75, 3.05) is 0 Å². The van der Waals surface area contributed by atoms with E-state index in [1.807, 2.05) is 35.9 Å². The van der Waals surface area contributed by atoms with Crippen molar-refractivity contribution in [1.82, 2.24) is 15.2 Å². The summed E-state index contributed by atoms with van der Waals surface area (Å²) >= 11 is 0. The smallest absolute Gasteiger partial charge is 0.338 e. The van der Waals surface area contributed by atoms with Gasteiger partial charge in [0.05, 0.1) is 34.8 Å². The predicted octanol–water partition coefficient (Wildman–Crippen LogP) is 6.92. The van der Waals surface area contributed by atoms with Crippen molar-refractivity contribution in [2.45, 2.75) is 115 Å². The number of esters is 2. The predicted molar refractivity (Wildman–Crippen MR) is 207 cm³/mol. The van der Waals surface area contributed by atoms with Crippen LogP contribution in [0, 0.1) is 47.3 Å². The van der Waals surface area contributed by atoms with Gasteiger partial charge in [0.1, 0.15) is 11.2 Å². The van der Waals surface area contributed by atoms with Crippen LogP contribution in [0.4, 0.5) is 0 Å². The third-order valence-corrected chi connectivity index (χ3v) is 15.2. The first-order valence-electron chi connectivity index (χ1n) is 21.2. The van der Waals surface area contributed by atoms with Gasteiger partial charge in [-0.2, -0.15) is 0 Å². The zero-order valence-electron chi connectivity index (χ0n) is 32.7. The summed E-state index contributed by atoms with van der Waals surface area (Å²) in [5.74, 6) is -4.47. The molecule has 2 saturated heterocycles. The second-order valence-electron chi connectivity index (χ2n) is 17.7. The summed E-state index contributed by atoms with van der Waals surface area (Å²) in [7, 11) is 1.95. The van der Waals surface area contributed by atoms with Crippen LogP contribution in [0.25, 0.3) is 21.8 Å². The first-order valence-corrected chi connectivity index (χ1v) is 21.2. The zero-order chi connectivity index (χ0) is 39.1. The van der Waals surface area contributed by atoms with Gasteiger partial charge < -0.3 is 14.0 Å². The van der Waals surface area contributed by atoms with Crippen LogP contribution in [-0.2, 0) is 35.7 Å². The topological polar surface area (TPSA) is 150 Å². The second-order valence-corrected chi connectivity index (χ2v) is 17.7. The summed E-state index contributed by atoms with van der Waals surface area (Å²) in [6.07, 6.45) is 12.2. The number of carbonyl (C=O) groups is 6. The fourth-order valence-electron chi connectivity index (χ4n) is 12.9. The maximum Gasteiger partial charge on any atom is 0.338 e. The minimum Gasteiger partial charge on any atom is -0.455 e. The highest BCUT2D eigenvalue weighted by Gasteiger charge is 2.72. The van der Waals surface area contributed by atoms with E-state index in [0.29, 0.717) is 24.0 Å². The van der Waals surface area contributed by atoms with Crippen LogP contribution in [0.5, 0.6) is 0 Å². The molecule has 3 heterocycles. The number of fused-ring (bicyclic) bond motifs is 13. The highest BCUT2D eigenvalue weighted by Crippen LogP contribution is 2.65. The lowest BCUT2D eigenvalue weighted by Gasteiger charge is -2.36. The Morgan fingerprint density at radius 3 is 1.29 bits per heavy atom. The van der Waals surface area contributed by atoms with Gasteiger partial charge >= 0.3 is 11.9 Å². The third kappa shape index (κ3) is 5.34. The van der Waals surface area contributed by atoms with E-state index in [9.17, 15) is 28.8 Å². The molecule has 6 fully saturated rings. The quantitative estimate of drug-likeness (QED) is 0.102. The minimum absolute atomic E-state index is 0.193. The Bertz CT molecular complexity index is 1960. The van der Waals surface area contributed by atoms with Gasteiger partial charge in [-0.15, -0.1) is 0 Å². The van der Waals surface area contributed by atoms with E-state index >= 15 is 0 Å². The first kappa shape index (κ1) is 37.1. The lowest BCUT2D eigenvalue weighted by Crippen LogP contribution is -2.44. The first-order chi connectivity index (χ1) is 27.0. The highest BCUT2D eigenvalue weighted by molar-refractivity contribution is 6.12. The molecule has 4 bridgehead atoms. The molecule has 1 aromatic heterocycles. The van der Waals surface area contributed by atoms with Crippen LogP contribution in [0.2, 0.25) is 0 Å². The van der Waals surface area contributed by atoms with Gasteiger partial charge in [0, 0.05) is 52.5 Å². The van der Waals surface area contributed by atoms with Crippen molar-refractivity contribution in [2.24, 2.45) is 54.4 Å². The molecule has 296 valence electrons. The molecule has 4 amide bonds. The van der Waals surface area contributed by atoms with Gasteiger partial charge in [-0.05, 0) is 87.8 Å². The summed E-state index contributed by atoms with van der Waals surface area (Å²) in [5, 5.41) is 6.66. The molecule has 2 unspecified atom stereocenters. The van der Waals surface area contributed by atoms with E-state index < -0.39 is 46.8 Å². The molecule has 0 radical (unpaired) electrons. The molecule has 3 aromatic rings. The van der Waals surface area contributed by atoms with Gasteiger partial charge in [-0.1, -0.05) is 52.4 Å². The van der Waals surface area contributed by atoms with Gasteiger partial charge in [-0.3, -0.25) is 29.8 Å². The van der Waals surface area contributed by atoms with E-state index in [-0.39, 0.29) is 47.3 Å². The summed E-state index contributed by atoms with van der Waals surface area (Å²) in [4.78, 5) is 80.5. The van der Waals surface area contributed by atoms with Crippen molar-refractivity contribution < 1.29 is 38.2 Å². The molecule has 9 rings (SSSR count). The Balaban J connectivity index is 1.02. The number of nitrogens with one attached hydrogen (secondary N) is 2. The van der Waals surface area contributed by atoms with Crippen LogP contribution >= 0.6 is 0 Å². The Hall–Kier alpha value is -4.54. The molecule has 0 spiro atoms. The van der Waals surface area contributed by atoms with E-state index in [4.69, 9.17) is 9.47 Å². The van der Waals surface area contributed by atoms with Gasteiger partial charge in [0.25, 0.3) is 0 Å². The maximum atomic E-state index is 14.3. The van der Waals surface area contributed by atoms with Crippen molar-refractivity contribution in [3.8, 4) is 0 Å².